The molecule has 1 aromatic heterocycles. The average Bonchev–Trinajstić information content (AvgIpc) is 2.40. The molecule has 1 heterocycles. The van der Waals surface area contributed by atoms with Gasteiger partial charge < -0.3 is 4.57 Å². The summed E-state index contributed by atoms with van der Waals surface area (Å²) in [4.78, 5) is 15.6. The third-order valence-electron chi connectivity index (χ3n) is 5.87. The van der Waals surface area contributed by atoms with E-state index in [1.807, 2.05) is 13.0 Å². The smallest absolute Gasteiger partial charge is 0.290 e. The molecule has 0 aromatic carbocycles. The first-order chi connectivity index (χ1) is 9.67. The summed E-state index contributed by atoms with van der Waals surface area (Å²) in [5.41, 5.74) is 0.649. The van der Waals surface area contributed by atoms with Gasteiger partial charge in [-0.15, -0.1) is 0 Å². The van der Waals surface area contributed by atoms with Crippen LogP contribution in [0.2, 0.25) is 0 Å². The summed E-state index contributed by atoms with van der Waals surface area (Å²) in [6.45, 7) is 1.90. The van der Waals surface area contributed by atoms with Crippen molar-refractivity contribution in [3.63, 3.8) is 0 Å². The average molecular weight is 269 g/mol. The van der Waals surface area contributed by atoms with Gasteiger partial charge in [-0.3, -0.25) is 4.79 Å². The Kier molecular flexibility index (Phi) is 2.54. The highest BCUT2D eigenvalue weighted by molar-refractivity contribution is 5.30. The zero-order valence-electron chi connectivity index (χ0n) is 11.7. The third-order valence-corrected chi connectivity index (χ3v) is 5.87. The van der Waals surface area contributed by atoms with E-state index in [2.05, 4.69) is 9.55 Å². The molecule has 0 saturated heterocycles. The molecule has 0 N–H and O–H groups in total. The quantitative estimate of drug-likeness (QED) is 0.786. The zero-order valence-corrected chi connectivity index (χ0v) is 11.7. The second kappa shape index (κ2) is 4.18. The van der Waals surface area contributed by atoms with Crippen molar-refractivity contribution >= 4 is 0 Å². The summed E-state index contributed by atoms with van der Waals surface area (Å²) in [6.07, 6.45) is 8.42. The standard InChI is InChI=1S/C16H19N3O/c1-9-14(7-17)16(20)18-8-19(9)15-12-3-10-2-11(5-12)6-13(15)4-10/h8,10-13,15H,2-6H2,1H3. The molecule has 0 spiro atoms. The Labute approximate surface area is 118 Å². The molecular formula is C16H19N3O. The van der Waals surface area contributed by atoms with Crippen LogP contribution in [-0.2, 0) is 0 Å². The Morgan fingerprint density at radius 2 is 1.80 bits per heavy atom. The number of hydrogen-bond acceptors (Lipinski definition) is 3. The highest BCUT2D eigenvalue weighted by Crippen LogP contribution is 2.58. The molecule has 0 atom stereocenters. The number of hydrogen-bond donors (Lipinski definition) is 0. The van der Waals surface area contributed by atoms with E-state index in [4.69, 9.17) is 0 Å². The molecule has 4 aliphatic carbocycles. The Bertz CT molecular complexity index is 627. The fourth-order valence-corrected chi connectivity index (χ4v) is 5.33. The molecule has 4 saturated carbocycles. The van der Waals surface area contributed by atoms with Crippen molar-refractivity contribution in [3.8, 4) is 6.07 Å². The van der Waals surface area contributed by atoms with Crippen molar-refractivity contribution in [2.45, 2.75) is 45.1 Å². The Morgan fingerprint density at radius 1 is 1.20 bits per heavy atom. The van der Waals surface area contributed by atoms with Gasteiger partial charge in [-0.25, -0.2) is 0 Å². The molecule has 4 heteroatoms. The summed E-state index contributed by atoms with van der Waals surface area (Å²) < 4.78 is 2.15. The zero-order chi connectivity index (χ0) is 13.9. The monoisotopic (exact) mass is 269 g/mol. The molecule has 104 valence electrons. The minimum atomic E-state index is -0.384. The Hall–Kier alpha value is -1.63. The molecule has 20 heavy (non-hydrogen) atoms. The molecule has 0 radical (unpaired) electrons. The van der Waals surface area contributed by atoms with Gasteiger partial charge in [-0.1, -0.05) is 0 Å². The van der Waals surface area contributed by atoms with Gasteiger partial charge in [0, 0.05) is 11.7 Å². The van der Waals surface area contributed by atoms with Crippen LogP contribution in [-0.4, -0.2) is 9.55 Å². The maximum atomic E-state index is 11.7. The Balaban J connectivity index is 1.79. The van der Waals surface area contributed by atoms with Crippen LogP contribution in [0.25, 0.3) is 0 Å². The second-order valence-electron chi connectivity index (χ2n) is 6.95. The van der Waals surface area contributed by atoms with E-state index in [0.717, 1.165) is 29.4 Å². The minimum Gasteiger partial charge on any atom is -0.331 e. The topological polar surface area (TPSA) is 58.7 Å². The van der Waals surface area contributed by atoms with E-state index in [0.29, 0.717) is 6.04 Å². The summed E-state index contributed by atoms with van der Waals surface area (Å²) in [7, 11) is 0. The van der Waals surface area contributed by atoms with Crippen LogP contribution >= 0.6 is 0 Å². The largest absolute Gasteiger partial charge is 0.331 e. The van der Waals surface area contributed by atoms with Gasteiger partial charge >= 0.3 is 0 Å². The molecule has 4 fully saturated rings. The van der Waals surface area contributed by atoms with Gasteiger partial charge in [0.05, 0.1) is 6.33 Å². The van der Waals surface area contributed by atoms with Crippen LogP contribution in [0, 0.1) is 41.9 Å². The van der Waals surface area contributed by atoms with E-state index in [9.17, 15) is 10.1 Å². The number of nitriles is 1. The fraction of sp³-hybridized carbons (Fsp3) is 0.688. The minimum absolute atomic E-state index is 0.223. The SMILES string of the molecule is Cc1c(C#N)c(=O)ncn1C1C2CC3CC(C2)CC1C3. The van der Waals surface area contributed by atoms with E-state index in [1.54, 1.807) is 6.33 Å². The highest BCUT2D eigenvalue weighted by atomic mass is 16.1. The molecular weight excluding hydrogens is 250 g/mol. The Morgan fingerprint density at radius 3 is 2.35 bits per heavy atom. The normalized spacial score (nSPS) is 37.9. The lowest BCUT2D eigenvalue weighted by atomic mass is 9.54. The van der Waals surface area contributed by atoms with Gasteiger partial charge in [0.2, 0.25) is 0 Å². The van der Waals surface area contributed by atoms with Gasteiger partial charge in [-0.2, -0.15) is 10.2 Å². The maximum Gasteiger partial charge on any atom is 0.290 e. The van der Waals surface area contributed by atoms with E-state index in [-0.39, 0.29) is 11.1 Å². The molecule has 0 unspecified atom stereocenters. The first-order valence-electron chi connectivity index (χ1n) is 7.65. The lowest BCUT2D eigenvalue weighted by molar-refractivity contribution is -0.0304. The summed E-state index contributed by atoms with van der Waals surface area (Å²) in [5, 5.41) is 9.17. The number of aromatic nitrogens is 2. The van der Waals surface area contributed by atoms with Crippen molar-refractivity contribution < 1.29 is 0 Å². The van der Waals surface area contributed by atoms with Gasteiger partial charge in [0.1, 0.15) is 11.6 Å². The van der Waals surface area contributed by atoms with E-state index >= 15 is 0 Å². The molecule has 5 rings (SSSR count). The molecule has 4 aliphatic rings. The van der Waals surface area contributed by atoms with Crippen LogP contribution in [0.3, 0.4) is 0 Å². The predicted molar refractivity (Wildman–Crippen MR) is 74.0 cm³/mol. The molecule has 0 aliphatic heterocycles. The van der Waals surface area contributed by atoms with Crippen molar-refractivity contribution in [1.82, 2.24) is 9.55 Å². The van der Waals surface area contributed by atoms with Gasteiger partial charge in [0.15, 0.2) is 0 Å². The van der Waals surface area contributed by atoms with E-state index < -0.39 is 0 Å². The number of nitrogens with zero attached hydrogens (tertiary/aromatic N) is 3. The molecule has 4 bridgehead atoms. The first-order valence-corrected chi connectivity index (χ1v) is 7.65. The van der Waals surface area contributed by atoms with Crippen molar-refractivity contribution in [2.75, 3.05) is 0 Å². The first kappa shape index (κ1) is 12.1. The molecule has 1 aromatic rings. The maximum absolute atomic E-state index is 11.7. The van der Waals surface area contributed by atoms with Gasteiger partial charge in [0.25, 0.3) is 5.56 Å². The summed E-state index contributed by atoms with van der Waals surface area (Å²) in [5.74, 6) is 3.30. The van der Waals surface area contributed by atoms with Crippen LogP contribution in [0.1, 0.15) is 49.4 Å². The molecule has 0 amide bonds. The lowest BCUT2D eigenvalue weighted by Gasteiger charge is -2.55. The predicted octanol–water partition coefficient (Wildman–Crippen LogP) is 2.42. The van der Waals surface area contributed by atoms with Crippen LogP contribution in [0.15, 0.2) is 11.1 Å². The fourth-order valence-electron chi connectivity index (χ4n) is 5.33. The van der Waals surface area contributed by atoms with Crippen molar-refractivity contribution in [2.24, 2.45) is 23.7 Å². The second-order valence-corrected chi connectivity index (χ2v) is 6.95. The molecule has 4 nitrogen and oxygen atoms in total. The summed E-state index contributed by atoms with van der Waals surface area (Å²) >= 11 is 0. The highest BCUT2D eigenvalue weighted by Gasteiger charge is 2.49. The summed E-state index contributed by atoms with van der Waals surface area (Å²) in [6, 6.07) is 2.49. The lowest BCUT2D eigenvalue weighted by Crippen LogP contribution is -2.46. The number of rotatable bonds is 1. The van der Waals surface area contributed by atoms with Crippen LogP contribution in [0.5, 0.6) is 0 Å². The van der Waals surface area contributed by atoms with Crippen molar-refractivity contribution in [1.29, 1.82) is 5.26 Å². The van der Waals surface area contributed by atoms with Gasteiger partial charge in [-0.05, 0) is 62.7 Å². The van der Waals surface area contributed by atoms with Crippen molar-refractivity contribution in [3.05, 3.63) is 27.9 Å². The van der Waals surface area contributed by atoms with E-state index in [1.165, 1.54) is 32.1 Å². The van der Waals surface area contributed by atoms with Crippen LogP contribution < -0.4 is 5.56 Å². The third kappa shape index (κ3) is 1.59. The van der Waals surface area contributed by atoms with Crippen LogP contribution in [0.4, 0.5) is 0 Å².